The molecule has 4 atom stereocenters. The van der Waals surface area contributed by atoms with Crippen LogP contribution in [-0.2, 0) is 19.1 Å². The number of carbonyl (C=O) groups excluding carboxylic acids is 3. The fourth-order valence-corrected chi connectivity index (χ4v) is 5.22. The molecule has 2 aliphatic rings. The molecule has 2 fully saturated rings. The topological polar surface area (TPSA) is 75.7 Å². The average Bonchev–Trinajstić information content (AvgIpc) is 3.24. The van der Waals surface area contributed by atoms with Gasteiger partial charge in [0.15, 0.2) is 0 Å². The molecule has 32 heavy (non-hydrogen) atoms. The van der Waals surface area contributed by atoms with Gasteiger partial charge in [0.1, 0.15) is 11.4 Å². The van der Waals surface area contributed by atoms with E-state index in [2.05, 4.69) is 5.32 Å². The molecule has 7 heteroatoms. The minimum atomic E-state index is -1.32. The first-order valence-electron chi connectivity index (χ1n) is 11.0. The van der Waals surface area contributed by atoms with Crippen molar-refractivity contribution in [2.24, 2.45) is 11.8 Å². The summed E-state index contributed by atoms with van der Waals surface area (Å²) in [5.74, 6) is -3.52. The van der Waals surface area contributed by atoms with E-state index in [1.165, 1.54) is 24.3 Å². The van der Waals surface area contributed by atoms with Crippen LogP contribution in [0.5, 0.6) is 0 Å². The highest BCUT2D eigenvalue weighted by Crippen LogP contribution is 2.52. The Hall–Kier alpha value is -3.06. The first-order chi connectivity index (χ1) is 15.4. The molecule has 168 valence electrons. The number of imide groups is 1. The number of nitrogens with zero attached hydrogens (tertiary/aromatic N) is 1. The Balaban J connectivity index is 1.87. The van der Waals surface area contributed by atoms with Gasteiger partial charge in [-0.05, 0) is 55.7 Å². The fourth-order valence-electron chi connectivity index (χ4n) is 5.22. The molecule has 0 unspecified atom stereocenters. The van der Waals surface area contributed by atoms with Crippen LogP contribution in [0.15, 0.2) is 48.5 Å². The number of carbonyl (C=O) groups is 3. The van der Waals surface area contributed by atoms with Gasteiger partial charge >= 0.3 is 5.97 Å². The Morgan fingerprint density at radius 3 is 2.41 bits per heavy atom. The number of ether oxygens (including phenoxy) is 1. The number of benzene rings is 2. The zero-order chi connectivity index (χ0) is 23.0. The van der Waals surface area contributed by atoms with E-state index >= 15 is 0 Å². The molecular weight excluding hydrogens is 411 g/mol. The van der Waals surface area contributed by atoms with Crippen molar-refractivity contribution < 1.29 is 23.5 Å². The van der Waals surface area contributed by atoms with Gasteiger partial charge in [-0.2, -0.15) is 0 Å². The van der Waals surface area contributed by atoms with Gasteiger partial charge in [0.25, 0.3) is 0 Å². The standard InChI is InChI=1S/C25H27FN2O4/c1-4-14-25(24(31)32-5-2)20-19(21(27-25)18-9-7-6-8-15(18)3)22(29)28(23(20)30)17-12-10-16(26)11-13-17/h6-13,19-21,27H,4-5,14H2,1-3H3/t19-,20-,21+,25-/m0/s1. The Morgan fingerprint density at radius 1 is 1.09 bits per heavy atom. The molecule has 0 aliphatic carbocycles. The van der Waals surface area contributed by atoms with E-state index < -0.39 is 47.0 Å². The van der Waals surface area contributed by atoms with E-state index in [0.717, 1.165) is 16.0 Å². The molecule has 2 amide bonds. The van der Waals surface area contributed by atoms with Crippen molar-refractivity contribution in [1.29, 1.82) is 0 Å². The van der Waals surface area contributed by atoms with Crippen LogP contribution < -0.4 is 10.2 Å². The lowest BCUT2D eigenvalue weighted by atomic mass is 9.76. The van der Waals surface area contributed by atoms with Crippen molar-refractivity contribution in [2.45, 2.75) is 45.2 Å². The van der Waals surface area contributed by atoms with Crippen molar-refractivity contribution in [3.8, 4) is 0 Å². The van der Waals surface area contributed by atoms with Crippen LogP contribution in [0.1, 0.15) is 43.9 Å². The van der Waals surface area contributed by atoms with E-state index in [0.29, 0.717) is 18.5 Å². The molecule has 0 bridgehead atoms. The zero-order valence-corrected chi connectivity index (χ0v) is 18.4. The second kappa shape index (κ2) is 8.47. The van der Waals surface area contributed by atoms with Crippen LogP contribution in [0.3, 0.4) is 0 Å². The highest BCUT2D eigenvalue weighted by Gasteiger charge is 2.68. The van der Waals surface area contributed by atoms with Gasteiger partial charge in [-0.1, -0.05) is 37.6 Å². The van der Waals surface area contributed by atoms with Crippen LogP contribution in [0.25, 0.3) is 0 Å². The molecule has 2 saturated heterocycles. The highest BCUT2D eigenvalue weighted by molar-refractivity contribution is 6.24. The summed E-state index contributed by atoms with van der Waals surface area (Å²) < 4.78 is 18.9. The van der Waals surface area contributed by atoms with Crippen molar-refractivity contribution in [2.75, 3.05) is 11.5 Å². The second-order valence-corrected chi connectivity index (χ2v) is 8.41. The molecule has 0 spiro atoms. The molecule has 0 radical (unpaired) electrons. The van der Waals surface area contributed by atoms with Crippen molar-refractivity contribution in [3.63, 3.8) is 0 Å². The van der Waals surface area contributed by atoms with Gasteiger partial charge in [0.2, 0.25) is 11.8 Å². The second-order valence-electron chi connectivity index (χ2n) is 8.41. The maximum absolute atomic E-state index is 13.7. The predicted molar refractivity (Wildman–Crippen MR) is 117 cm³/mol. The molecule has 0 aromatic heterocycles. The van der Waals surface area contributed by atoms with Gasteiger partial charge in [0, 0.05) is 6.04 Å². The summed E-state index contributed by atoms with van der Waals surface area (Å²) >= 11 is 0. The van der Waals surface area contributed by atoms with Crippen molar-refractivity contribution in [1.82, 2.24) is 5.32 Å². The molecule has 6 nitrogen and oxygen atoms in total. The Kier molecular flexibility index (Phi) is 5.86. The van der Waals surface area contributed by atoms with E-state index in [1.54, 1.807) is 6.92 Å². The summed E-state index contributed by atoms with van der Waals surface area (Å²) in [6.45, 7) is 5.75. The maximum atomic E-state index is 13.7. The summed E-state index contributed by atoms with van der Waals surface area (Å²) in [5.41, 5.74) is 0.810. The first-order valence-corrected chi connectivity index (χ1v) is 11.0. The maximum Gasteiger partial charge on any atom is 0.327 e. The number of hydrogen-bond donors (Lipinski definition) is 1. The van der Waals surface area contributed by atoms with Crippen molar-refractivity contribution >= 4 is 23.5 Å². The van der Waals surface area contributed by atoms with Crippen molar-refractivity contribution in [3.05, 3.63) is 65.5 Å². The molecule has 1 N–H and O–H groups in total. The van der Waals surface area contributed by atoms with Crippen LogP contribution in [0, 0.1) is 24.6 Å². The quantitative estimate of drug-likeness (QED) is 0.550. The third-order valence-electron chi connectivity index (χ3n) is 6.55. The summed E-state index contributed by atoms with van der Waals surface area (Å²) in [6.07, 6.45) is 0.971. The van der Waals surface area contributed by atoms with Gasteiger partial charge in [-0.15, -0.1) is 0 Å². The number of halogens is 1. The highest BCUT2D eigenvalue weighted by atomic mass is 19.1. The third-order valence-corrected chi connectivity index (χ3v) is 6.55. The lowest BCUT2D eigenvalue weighted by Crippen LogP contribution is -2.56. The summed E-state index contributed by atoms with van der Waals surface area (Å²) in [5, 5.41) is 3.39. The fraction of sp³-hybridized carbons (Fsp3) is 0.400. The number of hydrogen-bond acceptors (Lipinski definition) is 5. The molecule has 0 saturated carbocycles. The Morgan fingerprint density at radius 2 is 1.78 bits per heavy atom. The first kappa shape index (κ1) is 22.1. The lowest BCUT2D eigenvalue weighted by molar-refractivity contribution is -0.155. The smallest absolute Gasteiger partial charge is 0.327 e. The van der Waals surface area contributed by atoms with E-state index in [1.807, 2.05) is 38.1 Å². The number of anilines is 1. The molecule has 2 heterocycles. The van der Waals surface area contributed by atoms with Crippen LogP contribution in [0.2, 0.25) is 0 Å². The summed E-state index contributed by atoms with van der Waals surface area (Å²) in [7, 11) is 0. The Labute approximate surface area is 186 Å². The predicted octanol–water partition coefficient (Wildman–Crippen LogP) is 3.69. The SMILES string of the molecule is CCC[C@]1(C(=O)OCC)N[C@H](c2ccccc2C)[C@H]2C(=O)N(c3ccc(F)cc3)C(=O)[C@H]21. The third kappa shape index (κ3) is 3.32. The normalized spacial score (nSPS) is 27.0. The molecular formula is C25H27FN2O4. The summed E-state index contributed by atoms with van der Waals surface area (Å²) in [6, 6.07) is 12.4. The largest absolute Gasteiger partial charge is 0.465 e. The minimum Gasteiger partial charge on any atom is -0.465 e. The number of aryl methyl sites for hydroxylation is 1. The van der Waals surface area contributed by atoms with Crippen LogP contribution >= 0.6 is 0 Å². The Bertz CT molecular complexity index is 1050. The number of esters is 1. The molecule has 4 rings (SSSR count). The zero-order valence-electron chi connectivity index (χ0n) is 18.4. The molecule has 2 aromatic carbocycles. The molecule has 2 aliphatic heterocycles. The van der Waals surface area contributed by atoms with E-state index in [9.17, 15) is 18.8 Å². The molecule has 2 aromatic rings. The van der Waals surface area contributed by atoms with E-state index in [-0.39, 0.29) is 6.61 Å². The number of fused-ring (bicyclic) bond motifs is 1. The number of rotatable bonds is 6. The lowest BCUT2D eigenvalue weighted by Gasteiger charge is -2.32. The van der Waals surface area contributed by atoms with Gasteiger partial charge in [-0.3, -0.25) is 19.7 Å². The monoisotopic (exact) mass is 438 g/mol. The van der Waals surface area contributed by atoms with Crippen LogP contribution in [0.4, 0.5) is 10.1 Å². The average molecular weight is 438 g/mol. The summed E-state index contributed by atoms with van der Waals surface area (Å²) in [4.78, 5) is 41.8. The number of amides is 2. The van der Waals surface area contributed by atoms with Gasteiger partial charge < -0.3 is 4.74 Å². The minimum absolute atomic E-state index is 0.169. The van der Waals surface area contributed by atoms with Gasteiger partial charge in [-0.25, -0.2) is 9.29 Å². The van der Waals surface area contributed by atoms with Gasteiger partial charge in [0.05, 0.1) is 24.1 Å². The van der Waals surface area contributed by atoms with E-state index in [4.69, 9.17) is 4.74 Å². The number of nitrogens with one attached hydrogen (secondary N) is 1. The van der Waals surface area contributed by atoms with Crippen LogP contribution in [-0.4, -0.2) is 29.9 Å².